The van der Waals surface area contributed by atoms with E-state index in [2.05, 4.69) is 20.8 Å². The summed E-state index contributed by atoms with van der Waals surface area (Å²) in [5, 5.41) is 1.18. The molecule has 0 N–H and O–H groups in total. The third kappa shape index (κ3) is 3.20. The normalized spacial score (nSPS) is 31.4. The van der Waals surface area contributed by atoms with Crippen molar-refractivity contribution >= 4 is 15.9 Å². The lowest BCUT2D eigenvalue weighted by molar-refractivity contribution is 0.118. The molecule has 15 heavy (non-hydrogen) atoms. The van der Waals surface area contributed by atoms with Crippen LogP contribution in [-0.4, -0.2) is 28.9 Å². The Balaban J connectivity index is 1.95. The minimum absolute atomic E-state index is 0.829. The van der Waals surface area contributed by atoms with Gasteiger partial charge in [-0.3, -0.25) is 4.90 Å². The Kier molecular flexibility index (Phi) is 4.96. The number of likely N-dealkylation sites (tertiary alicyclic amines) is 1. The molecule has 1 aliphatic heterocycles. The van der Waals surface area contributed by atoms with Crippen molar-refractivity contribution < 1.29 is 0 Å². The van der Waals surface area contributed by atoms with Crippen LogP contribution in [-0.2, 0) is 0 Å². The molecular formula is C13H24BrN. The van der Waals surface area contributed by atoms with Crippen molar-refractivity contribution in [1.82, 2.24) is 4.90 Å². The van der Waals surface area contributed by atoms with Crippen LogP contribution in [0.25, 0.3) is 0 Å². The van der Waals surface area contributed by atoms with Crippen LogP contribution in [0, 0.1) is 0 Å². The van der Waals surface area contributed by atoms with Gasteiger partial charge in [0, 0.05) is 17.4 Å². The average molecular weight is 274 g/mol. The van der Waals surface area contributed by atoms with Crippen LogP contribution in [0.5, 0.6) is 0 Å². The van der Waals surface area contributed by atoms with Crippen molar-refractivity contribution in [3.63, 3.8) is 0 Å². The molecule has 0 aromatic carbocycles. The van der Waals surface area contributed by atoms with E-state index in [0.29, 0.717) is 0 Å². The SMILES string of the molecule is BrCC1CCCCCN1C1CCCCC1. The molecule has 1 atom stereocenters. The zero-order valence-electron chi connectivity index (χ0n) is 9.76. The van der Waals surface area contributed by atoms with Crippen LogP contribution in [0.4, 0.5) is 0 Å². The molecule has 0 aromatic heterocycles. The Hall–Kier alpha value is 0.440. The summed E-state index contributed by atoms with van der Waals surface area (Å²) in [5.74, 6) is 0. The standard InChI is InChI=1S/C13H24BrN/c14-11-13-9-5-2-6-10-15(13)12-7-3-1-4-8-12/h12-13H,1-11H2. The first kappa shape index (κ1) is 11.9. The van der Waals surface area contributed by atoms with Crippen molar-refractivity contribution in [2.45, 2.75) is 69.9 Å². The Labute approximate surface area is 103 Å². The minimum atomic E-state index is 0.829. The number of hydrogen-bond acceptors (Lipinski definition) is 1. The molecule has 1 saturated heterocycles. The van der Waals surface area contributed by atoms with Crippen LogP contribution < -0.4 is 0 Å². The van der Waals surface area contributed by atoms with Gasteiger partial charge in [-0.1, -0.05) is 48.0 Å². The first-order valence-electron chi connectivity index (χ1n) is 6.73. The fourth-order valence-electron chi connectivity index (χ4n) is 3.26. The van der Waals surface area contributed by atoms with Gasteiger partial charge in [-0.2, -0.15) is 0 Å². The Morgan fingerprint density at radius 2 is 1.53 bits per heavy atom. The van der Waals surface area contributed by atoms with E-state index in [1.165, 1.54) is 69.7 Å². The predicted molar refractivity (Wildman–Crippen MR) is 69.6 cm³/mol. The lowest BCUT2D eigenvalue weighted by atomic mass is 9.93. The number of rotatable bonds is 2. The van der Waals surface area contributed by atoms with E-state index in [0.717, 1.165) is 12.1 Å². The highest BCUT2D eigenvalue weighted by Crippen LogP contribution is 2.28. The first-order chi connectivity index (χ1) is 7.42. The molecule has 0 radical (unpaired) electrons. The summed E-state index contributed by atoms with van der Waals surface area (Å²) in [4.78, 5) is 2.83. The summed E-state index contributed by atoms with van der Waals surface area (Å²) >= 11 is 3.71. The number of alkyl halides is 1. The van der Waals surface area contributed by atoms with Gasteiger partial charge in [-0.05, 0) is 32.2 Å². The maximum atomic E-state index is 3.71. The second-order valence-corrected chi connectivity index (χ2v) is 5.83. The van der Waals surface area contributed by atoms with E-state index >= 15 is 0 Å². The zero-order valence-corrected chi connectivity index (χ0v) is 11.3. The van der Waals surface area contributed by atoms with Gasteiger partial charge in [-0.25, -0.2) is 0 Å². The smallest absolute Gasteiger partial charge is 0.0195 e. The van der Waals surface area contributed by atoms with Gasteiger partial charge in [0.2, 0.25) is 0 Å². The molecule has 1 nitrogen and oxygen atoms in total. The zero-order chi connectivity index (χ0) is 10.5. The summed E-state index contributed by atoms with van der Waals surface area (Å²) in [7, 11) is 0. The van der Waals surface area contributed by atoms with Crippen molar-refractivity contribution in [1.29, 1.82) is 0 Å². The maximum absolute atomic E-state index is 3.71. The summed E-state index contributed by atoms with van der Waals surface area (Å²) in [6, 6.07) is 1.75. The van der Waals surface area contributed by atoms with Gasteiger partial charge in [-0.15, -0.1) is 0 Å². The molecule has 0 amide bonds. The number of nitrogens with zero attached hydrogens (tertiary/aromatic N) is 1. The van der Waals surface area contributed by atoms with E-state index in [-0.39, 0.29) is 0 Å². The van der Waals surface area contributed by atoms with Crippen molar-refractivity contribution in [2.24, 2.45) is 0 Å². The second-order valence-electron chi connectivity index (χ2n) is 5.19. The topological polar surface area (TPSA) is 3.24 Å². The first-order valence-corrected chi connectivity index (χ1v) is 7.85. The van der Waals surface area contributed by atoms with Crippen molar-refractivity contribution in [3.05, 3.63) is 0 Å². The van der Waals surface area contributed by atoms with Crippen LogP contribution in [0.15, 0.2) is 0 Å². The predicted octanol–water partition coefficient (Wildman–Crippen LogP) is 3.96. The Morgan fingerprint density at radius 1 is 0.867 bits per heavy atom. The minimum Gasteiger partial charge on any atom is -0.297 e. The van der Waals surface area contributed by atoms with Crippen LogP contribution >= 0.6 is 15.9 Å². The monoisotopic (exact) mass is 273 g/mol. The maximum Gasteiger partial charge on any atom is 0.0195 e. The van der Waals surface area contributed by atoms with Gasteiger partial charge in [0.25, 0.3) is 0 Å². The van der Waals surface area contributed by atoms with Gasteiger partial charge in [0.15, 0.2) is 0 Å². The Morgan fingerprint density at radius 3 is 2.27 bits per heavy atom. The highest BCUT2D eigenvalue weighted by Gasteiger charge is 2.27. The lowest BCUT2D eigenvalue weighted by Gasteiger charge is -2.38. The molecule has 1 saturated carbocycles. The van der Waals surface area contributed by atoms with E-state index in [9.17, 15) is 0 Å². The highest BCUT2D eigenvalue weighted by atomic mass is 79.9. The third-order valence-corrected chi connectivity index (χ3v) is 4.89. The number of halogens is 1. The summed E-state index contributed by atoms with van der Waals surface area (Å²) in [6.45, 7) is 1.36. The van der Waals surface area contributed by atoms with Crippen molar-refractivity contribution in [2.75, 3.05) is 11.9 Å². The van der Waals surface area contributed by atoms with Gasteiger partial charge >= 0.3 is 0 Å². The molecule has 0 bridgehead atoms. The lowest BCUT2D eigenvalue weighted by Crippen LogP contribution is -2.44. The highest BCUT2D eigenvalue weighted by molar-refractivity contribution is 9.09. The Bertz CT molecular complexity index is 177. The van der Waals surface area contributed by atoms with Crippen LogP contribution in [0.3, 0.4) is 0 Å². The van der Waals surface area contributed by atoms with E-state index in [1.54, 1.807) is 0 Å². The molecule has 1 aliphatic carbocycles. The number of hydrogen-bond donors (Lipinski definition) is 0. The second kappa shape index (κ2) is 6.24. The van der Waals surface area contributed by atoms with E-state index < -0.39 is 0 Å². The summed E-state index contributed by atoms with van der Waals surface area (Å²) < 4.78 is 0. The molecule has 2 fully saturated rings. The fraction of sp³-hybridized carbons (Fsp3) is 1.00. The van der Waals surface area contributed by atoms with Gasteiger partial charge in [0.05, 0.1) is 0 Å². The molecule has 2 aliphatic rings. The summed E-state index contributed by atoms with van der Waals surface area (Å²) in [6.07, 6.45) is 13.1. The van der Waals surface area contributed by atoms with Crippen LogP contribution in [0.1, 0.15) is 57.8 Å². The summed E-state index contributed by atoms with van der Waals surface area (Å²) in [5.41, 5.74) is 0. The third-order valence-electron chi connectivity index (χ3n) is 4.14. The average Bonchev–Trinajstić information content (AvgIpc) is 2.55. The van der Waals surface area contributed by atoms with E-state index in [1.807, 2.05) is 0 Å². The molecule has 88 valence electrons. The molecule has 1 heterocycles. The largest absolute Gasteiger partial charge is 0.297 e. The van der Waals surface area contributed by atoms with Gasteiger partial charge in [0.1, 0.15) is 0 Å². The molecular weight excluding hydrogens is 250 g/mol. The molecule has 0 spiro atoms. The molecule has 2 heteroatoms. The van der Waals surface area contributed by atoms with E-state index in [4.69, 9.17) is 0 Å². The molecule has 1 unspecified atom stereocenters. The molecule has 2 rings (SSSR count). The quantitative estimate of drug-likeness (QED) is 0.689. The van der Waals surface area contributed by atoms with Crippen molar-refractivity contribution in [3.8, 4) is 0 Å². The van der Waals surface area contributed by atoms with Crippen LogP contribution in [0.2, 0.25) is 0 Å². The van der Waals surface area contributed by atoms with Gasteiger partial charge < -0.3 is 0 Å². The molecule has 0 aromatic rings. The fourth-order valence-corrected chi connectivity index (χ4v) is 3.95.